The molecule has 0 radical (unpaired) electrons. The predicted octanol–water partition coefficient (Wildman–Crippen LogP) is 3.02. The van der Waals surface area contributed by atoms with Crippen molar-refractivity contribution in [1.82, 2.24) is 10.5 Å². The van der Waals surface area contributed by atoms with E-state index >= 15 is 0 Å². The summed E-state index contributed by atoms with van der Waals surface area (Å²) in [5.41, 5.74) is 1.07. The molecule has 1 aromatic heterocycles. The zero-order valence-corrected chi connectivity index (χ0v) is 13.6. The number of aromatic nitrogens is 1. The molecule has 1 aliphatic carbocycles. The van der Waals surface area contributed by atoms with Gasteiger partial charge in [-0.25, -0.2) is 0 Å². The van der Waals surface area contributed by atoms with Crippen molar-refractivity contribution in [2.45, 2.75) is 38.0 Å². The van der Waals surface area contributed by atoms with Crippen molar-refractivity contribution in [3.8, 4) is 22.8 Å². The van der Waals surface area contributed by atoms with Gasteiger partial charge in [0, 0.05) is 18.2 Å². The van der Waals surface area contributed by atoms with Crippen LogP contribution in [0.25, 0.3) is 11.3 Å². The number of amides is 1. The van der Waals surface area contributed by atoms with E-state index < -0.39 is 5.41 Å². The molecule has 0 spiro atoms. The first-order valence-corrected chi connectivity index (χ1v) is 8.38. The number of ether oxygens (including phenoxy) is 2. The highest BCUT2D eigenvalue weighted by atomic mass is 16.7. The van der Waals surface area contributed by atoms with E-state index in [0.29, 0.717) is 23.7 Å². The summed E-state index contributed by atoms with van der Waals surface area (Å²) in [5.74, 6) is 2.12. The average molecular weight is 328 g/mol. The maximum absolute atomic E-state index is 12.5. The SMILES string of the molecule is CCCCNC(=O)C1(c2cc(-c3ccc4c(c3)OCO4)on2)CC1. The number of unbranched alkanes of at least 4 members (excludes halogenated alkanes) is 1. The van der Waals surface area contributed by atoms with Crippen molar-refractivity contribution in [3.05, 3.63) is 30.0 Å². The Morgan fingerprint density at radius 1 is 1.25 bits per heavy atom. The molecule has 2 aromatic rings. The van der Waals surface area contributed by atoms with Gasteiger partial charge in [0.15, 0.2) is 17.3 Å². The van der Waals surface area contributed by atoms with Crippen LogP contribution in [-0.2, 0) is 10.2 Å². The van der Waals surface area contributed by atoms with Gasteiger partial charge in [0.1, 0.15) is 0 Å². The summed E-state index contributed by atoms with van der Waals surface area (Å²) in [6, 6.07) is 7.49. The number of carbonyl (C=O) groups excluding carboxylic acids is 1. The normalized spacial score (nSPS) is 16.9. The van der Waals surface area contributed by atoms with Crippen molar-refractivity contribution in [3.63, 3.8) is 0 Å². The molecule has 0 bridgehead atoms. The average Bonchev–Trinajstić information content (AvgIpc) is 3.05. The predicted molar refractivity (Wildman–Crippen MR) is 86.9 cm³/mol. The maximum Gasteiger partial charge on any atom is 0.232 e. The highest BCUT2D eigenvalue weighted by molar-refractivity contribution is 5.91. The first-order chi connectivity index (χ1) is 11.7. The Labute approximate surface area is 140 Å². The zero-order valence-electron chi connectivity index (χ0n) is 13.6. The minimum absolute atomic E-state index is 0.0569. The molecule has 1 fully saturated rings. The quantitative estimate of drug-likeness (QED) is 0.825. The van der Waals surface area contributed by atoms with Crippen molar-refractivity contribution >= 4 is 5.91 Å². The Balaban J connectivity index is 1.53. The van der Waals surface area contributed by atoms with Gasteiger partial charge in [-0.3, -0.25) is 4.79 Å². The van der Waals surface area contributed by atoms with E-state index in [0.717, 1.165) is 37.0 Å². The van der Waals surface area contributed by atoms with E-state index in [2.05, 4.69) is 17.4 Å². The Morgan fingerprint density at radius 2 is 2.08 bits per heavy atom. The van der Waals surface area contributed by atoms with Crippen LogP contribution in [0.3, 0.4) is 0 Å². The minimum Gasteiger partial charge on any atom is -0.454 e. The molecule has 6 nitrogen and oxygen atoms in total. The highest BCUT2D eigenvalue weighted by Gasteiger charge is 2.53. The van der Waals surface area contributed by atoms with Crippen LogP contribution < -0.4 is 14.8 Å². The first kappa shape index (κ1) is 15.1. The maximum atomic E-state index is 12.5. The van der Waals surface area contributed by atoms with Gasteiger partial charge in [0.25, 0.3) is 0 Å². The van der Waals surface area contributed by atoms with Crippen LogP contribution in [0.15, 0.2) is 28.8 Å². The largest absolute Gasteiger partial charge is 0.454 e. The van der Waals surface area contributed by atoms with Crippen molar-refractivity contribution in [2.24, 2.45) is 0 Å². The Kier molecular flexibility index (Phi) is 3.67. The summed E-state index contributed by atoms with van der Waals surface area (Å²) < 4.78 is 16.2. The molecule has 1 N–H and O–H groups in total. The second-order valence-corrected chi connectivity index (χ2v) is 6.34. The second-order valence-electron chi connectivity index (χ2n) is 6.34. The van der Waals surface area contributed by atoms with Gasteiger partial charge < -0.3 is 19.3 Å². The van der Waals surface area contributed by atoms with E-state index in [-0.39, 0.29) is 12.7 Å². The lowest BCUT2D eigenvalue weighted by Crippen LogP contribution is -2.35. The van der Waals surface area contributed by atoms with E-state index in [1.54, 1.807) is 0 Å². The molecule has 1 aliphatic heterocycles. The Morgan fingerprint density at radius 3 is 2.88 bits per heavy atom. The molecule has 2 heterocycles. The molecule has 0 saturated heterocycles. The fraction of sp³-hybridized carbons (Fsp3) is 0.444. The van der Waals surface area contributed by atoms with Gasteiger partial charge in [0.2, 0.25) is 12.7 Å². The van der Waals surface area contributed by atoms with E-state index in [4.69, 9.17) is 14.0 Å². The molecule has 2 aliphatic rings. The molecule has 4 rings (SSSR count). The van der Waals surface area contributed by atoms with Gasteiger partial charge in [-0.05, 0) is 37.5 Å². The monoisotopic (exact) mass is 328 g/mol. The molecular formula is C18H20N2O4. The van der Waals surface area contributed by atoms with E-state index in [9.17, 15) is 4.79 Å². The molecule has 1 amide bonds. The number of rotatable bonds is 6. The minimum atomic E-state index is -0.508. The van der Waals surface area contributed by atoms with Crippen molar-refractivity contribution < 1.29 is 18.8 Å². The highest BCUT2D eigenvalue weighted by Crippen LogP contribution is 2.48. The molecule has 6 heteroatoms. The van der Waals surface area contributed by atoms with Gasteiger partial charge >= 0.3 is 0 Å². The number of hydrogen-bond donors (Lipinski definition) is 1. The van der Waals surface area contributed by atoms with Crippen LogP contribution in [-0.4, -0.2) is 24.4 Å². The lowest BCUT2D eigenvalue weighted by Gasteiger charge is -2.11. The van der Waals surface area contributed by atoms with E-state index in [1.165, 1.54) is 0 Å². The number of benzene rings is 1. The van der Waals surface area contributed by atoms with Crippen molar-refractivity contribution in [2.75, 3.05) is 13.3 Å². The molecule has 1 saturated carbocycles. The van der Waals surface area contributed by atoms with Crippen LogP contribution in [0.4, 0.5) is 0 Å². The van der Waals surface area contributed by atoms with Gasteiger partial charge in [-0.15, -0.1) is 0 Å². The number of hydrogen-bond acceptors (Lipinski definition) is 5. The van der Waals surface area contributed by atoms with Crippen LogP contribution in [0.1, 0.15) is 38.3 Å². The molecule has 0 unspecified atom stereocenters. The third kappa shape index (κ3) is 2.52. The Bertz CT molecular complexity index is 764. The van der Waals surface area contributed by atoms with Gasteiger partial charge in [0.05, 0.1) is 11.1 Å². The lowest BCUT2D eigenvalue weighted by molar-refractivity contribution is -0.123. The van der Waals surface area contributed by atoms with E-state index in [1.807, 2.05) is 24.3 Å². The summed E-state index contributed by atoms with van der Waals surface area (Å²) in [4.78, 5) is 12.5. The zero-order chi connectivity index (χ0) is 16.6. The number of fused-ring (bicyclic) bond motifs is 1. The second kappa shape index (κ2) is 5.85. The molecular weight excluding hydrogens is 308 g/mol. The summed E-state index contributed by atoms with van der Waals surface area (Å²) in [6.07, 6.45) is 3.69. The molecule has 126 valence electrons. The summed E-state index contributed by atoms with van der Waals surface area (Å²) >= 11 is 0. The number of carbonyl (C=O) groups is 1. The summed E-state index contributed by atoms with van der Waals surface area (Å²) in [5, 5.41) is 7.17. The van der Waals surface area contributed by atoms with Crippen LogP contribution in [0, 0.1) is 0 Å². The smallest absolute Gasteiger partial charge is 0.232 e. The number of nitrogens with zero attached hydrogens (tertiary/aromatic N) is 1. The third-order valence-electron chi connectivity index (χ3n) is 4.66. The fourth-order valence-electron chi connectivity index (χ4n) is 2.96. The summed E-state index contributed by atoms with van der Waals surface area (Å²) in [6.45, 7) is 3.06. The third-order valence-corrected chi connectivity index (χ3v) is 4.66. The summed E-state index contributed by atoms with van der Waals surface area (Å²) in [7, 11) is 0. The van der Waals surface area contributed by atoms with Crippen molar-refractivity contribution in [1.29, 1.82) is 0 Å². The first-order valence-electron chi connectivity index (χ1n) is 8.38. The van der Waals surface area contributed by atoms with Crippen LogP contribution in [0.2, 0.25) is 0 Å². The van der Waals surface area contributed by atoms with Crippen LogP contribution in [0.5, 0.6) is 11.5 Å². The standard InChI is InChI=1S/C18H20N2O4/c1-2-3-8-19-17(21)18(6-7-18)16-10-14(24-20-16)12-4-5-13-15(9-12)23-11-22-13/h4-5,9-10H,2-3,6-8,11H2,1H3,(H,19,21). The lowest BCUT2D eigenvalue weighted by atomic mass is 10.00. The van der Waals surface area contributed by atoms with Crippen LogP contribution >= 0.6 is 0 Å². The number of nitrogens with one attached hydrogen (secondary N) is 1. The molecule has 24 heavy (non-hydrogen) atoms. The molecule has 0 atom stereocenters. The van der Waals surface area contributed by atoms with Gasteiger partial charge in [-0.2, -0.15) is 0 Å². The molecule has 1 aromatic carbocycles. The fourth-order valence-corrected chi connectivity index (χ4v) is 2.96. The Hall–Kier alpha value is -2.50. The van der Waals surface area contributed by atoms with Gasteiger partial charge in [-0.1, -0.05) is 18.5 Å². The topological polar surface area (TPSA) is 73.6 Å².